The summed E-state index contributed by atoms with van der Waals surface area (Å²) in [6, 6.07) is 7.45. The van der Waals surface area contributed by atoms with E-state index in [9.17, 15) is 9.65 Å². The Labute approximate surface area is 115 Å². The molecule has 1 aliphatic carbocycles. The first kappa shape index (κ1) is 14.1. The third-order valence-corrected chi connectivity index (χ3v) is 4.63. The Morgan fingerprint density at radius 1 is 1.21 bits per heavy atom. The van der Waals surface area contributed by atoms with Crippen LogP contribution in [0.1, 0.15) is 50.7 Å². The number of halogens is 1. The lowest BCUT2D eigenvalue weighted by atomic mass is 9.63. The summed E-state index contributed by atoms with van der Waals surface area (Å²) in [4.78, 5) is 0. The second-order valence-electron chi connectivity index (χ2n) is 6.80. The van der Waals surface area contributed by atoms with Crippen molar-refractivity contribution in [3.63, 3.8) is 0 Å². The number of rotatable bonds is 2. The highest BCUT2D eigenvalue weighted by Crippen LogP contribution is 2.46. The van der Waals surface area contributed by atoms with Gasteiger partial charge in [0.1, 0.15) is 5.82 Å². The summed E-state index contributed by atoms with van der Waals surface area (Å²) < 4.78 is 13.1. The Morgan fingerprint density at radius 3 is 2.37 bits per heavy atom. The van der Waals surface area contributed by atoms with Crippen LogP contribution in [0.4, 0.5) is 4.39 Å². The highest BCUT2D eigenvalue weighted by Gasteiger charge is 2.38. The van der Waals surface area contributed by atoms with Crippen LogP contribution in [0.3, 0.4) is 0 Å². The van der Waals surface area contributed by atoms with Crippen LogP contribution in [0.25, 0.3) is 0 Å². The quantitative estimate of drug-likeness (QED) is 0.749. The molecule has 0 aromatic heterocycles. The Morgan fingerprint density at radius 2 is 1.84 bits per heavy atom. The molecule has 1 saturated carbocycles. The molecular formula is C17H22FN. The van der Waals surface area contributed by atoms with Gasteiger partial charge in [0.25, 0.3) is 0 Å². The van der Waals surface area contributed by atoms with Gasteiger partial charge in [-0.1, -0.05) is 19.9 Å². The van der Waals surface area contributed by atoms with Crippen molar-refractivity contribution in [1.29, 1.82) is 5.26 Å². The minimum Gasteiger partial charge on any atom is -0.207 e. The molecule has 0 spiro atoms. The van der Waals surface area contributed by atoms with E-state index in [0.717, 1.165) is 43.2 Å². The summed E-state index contributed by atoms with van der Waals surface area (Å²) in [5.74, 6) is -0.197. The van der Waals surface area contributed by atoms with E-state index in [1.165, 1.54) is 6.07 Å². The average Bonchev–Trinajstić information content (AvgIpc) is 2.36. The van der Waals surface area contributed by atoms with Gasteiger partial charge in [-0.2, -0.15) is 5.26 Å². The zero-order valence-electron chi connectivity index (χ0n) is 12.1. The van der Waals surface area contributed by atoms with E-state index in [1.54, 1.807) is 6.07 Å². The van der Waals surface area contributed by atoms with Crippen molar-refractivity contribution < 1.29 is 4.39 Å². The molecule has 1 aromatic carbocycles. The number of benzene rings is 1. The maximum Gasteiger partial charge on any atom is 0.123 e. The van der Waals surface area contributed by atoms with Crippen molar-refractivity contribution in [2.75, 3.05) is 0 Å². The maximum atomic E-state index is 13.1. The molecule has 0 unspecified atom stereocenters. The summed E-state index contributed by atoms with van der Waals surface area (Å²) in [6.45, 7) is 6.48. The van der Waals surface area contributed by atoms with Gasteiger partial charge in [-0.15, -0.1) is 0 Å². The minimum absolute atomic E-state index is 0.197. The van der Waals surface area contributed by atoms with Gasteiger partial charge >= 0.3 is 0 Å². The predicted molar refractivity (Wildman–Crippen MR) is 75.1 cm³/mol. The van der Waals surface area contributed by atoms with Crippen molar-refractivity contribution >= 4 is 0 Å². The van der Waals surface area contributed by atoms with Crippen LogP contribution in [-0.4, -0.2) is 0 Å². The van der Waals surface area contributed by atoms with Crippen molar-refractivity contribution in [3.8, 4) is 6.07 Å². The summed E-state index contributed by atoms with van der Waals surface area (Å²) in [7, 11) is 0. The molecule has 0 heterocycles. The van der Waals surface area contributed by atoms with E-state index in [0.29, 0.717) is 5.41 Å². The zero-order chi connectivity index (χ0) is 14.1. The Kier molecular flexibility index (Phi) is 3.67. The molecule has 1 nitrogen and oxygen atoms in total. The van der Waals surface area contributed by atoms with E-state index in [2.05, 4.69) is 19.9 Å². The summed E-state index contributed by atoms with van der Waals surface area (Å²) >= 11 is 0. The van der Waals surface area contributed by atoms with E-state index >= 15 is 0 Å². The Bertz CT molecular complexity index is 500. The highest BCUT2D eigenvalue weighted by atomic mass is 19.1. The smallest absolute Gasteiger partial charge is 0.123 e. The highest BCUT2D eigenvalue weighted by molar-refractivity contribution is 5.29. The fraction of sp³-hybridized carbons (Fsp3) is 0.588. The first-order valence-corrected chi connectivity index (χ1v) is 7.02. The first-order valence-electron chi connectivity index (χ1n) is 7.02. The molecule has 2 rings (SSSR count). The molecule has 1 fully saturated rings. The summed E-state index contributed by atoms with van der Waals surface area (Å²) in [5.41, 5.74) is 2.18. The van der Waals surface area contributed by atoms with Gasteiger partial charge in [0.05, 0.1) is 11.5 Å². The summed E-state index contributed by atoms with van der Waals surface area (Å²) in [6.07, 6.45) is 4.86. The largest absolute Gasteiger partial charge is 0.207 e. The van der Waals surface area contributed by atoms with Crippen molar-refractivity contribution in [2.24, 2.45) is 10.8 Å². The molecule has 0 atom stereocenters. The molecule has 1 aliphatic rings. The molecule has 2 heteroatoms. The van der Waals surface area contributed by atoms with Gasteiger partial charge in [0.2, 0.25) is 0 Å². The van der Waals surface area contributed by atoms with Crippen molar-refractivity contribution in [3.05, 3.63) is 35.1 Å². The fourth-order valence-corrected chi connectivity index (χ4v) is 2.96. The molecule has 19 heavy (non-hydrogen) atoms. The van der Waals surface area contributed by atoms with Gasteiger partial charge in [-0.05, 0) is 67.7 Å². The van der Waals surface area contributed by atoms with Crippen LogP contribution in [-0.2, 0) is 6.42 Å². The monoisotopic (exact) mass is 259 g/mol. The van der Waals surface area contributed by atoms with E-state index in [-0.39, 0.29) is 11.2 Å². The molecule has 0 saturated heterocycles. The zero-order valence-corrected chi connectivity index (χ0v) is 12.1. The van der Waals surface area contributed by atoms with Crippen LogP contribution >= 0.6 is 0 Å². The third-order valence-electron chi connectivity index (χ3n) is 4.63. The van der Waals surface area contributed by atoms with Gasteiger partial charge in [-0.3, -0.25) is 0 Å². The van der Waals surface area contributed by atoms with Gasteiger partial charge in [-0.25, -0.2) is 4.39 Å². The molecular weight excluding hydrogens is 237 g/mol. The molecule has 0 aliphatic heterocycles. The first-order chi connectivity index (χ1) is 8.86. The number of aryl methyl sites for hydroxylation is 1. The van der Waals surface area contributed by atoms with E-state index in [1.807, 2.05) is 13.0 Å². The second kappa shape index (κ2) is 4.96. The molecule has 1 aromatic rings. The SMILES string of the molecule is Cc1cc(F)ccc1CC1(C#N)CCC(C)(C)CC1. The molecule has 102 valence electrons. The maximum absolute atomic E-state index is 13.1. The number of hydrogen-bond acceptors (Lipinski definition) is 1. The summed E-state index contributed by atoms with van der Waals surface area (Å²) in [5, 5.41) is 9.59. The van der Waals surface area contributed by atoms with Crippen LogP contribution < -0.4 is 0 Å². The predicted octanol–water partition coefficient (Wildman–Crippen LogP) is 4.79. The van der Waals surface area contributed by atoms with Gasteiger partial charge in [0, 0.05) is 0 Å². The fourth-order valence-electron chi connectivity index (χ4n) is 2.96. The molecule has 0 bridgehead atoms. The lowest BCUT2D eigenvalue weighted by Gasteiger charge is -2.39. The molecule has 0 N–H and O–H groups in total. The normalized spacial score (nSPS) is 20.8. The van der Waals surface area contributed by atoms with Crippen molar-refractivity contribution in [1.82, 2.24) is 0 Å². The number of nitrogens with zero attached hydrogens (tertiary/aromatic N) is 1. The van der Waals surface area contributed by atoms with Gasteiger partial charge in [0.15, 0.2) is 0 Å². The van der Waals surface area contributed by atoms with Crippen LogP contribution in [0, 0.1) is 34.9 Å². The third kappa shape index (κ3) is 3.15. The molecule has 0 radical (unpaired) electrons. The second-order valence-corrected chi connectivity index (χ2v) is 6.80. The standard InChI is InChI=1S/C17H22FN/c1-13-10-15(18)5-4-14(13)11-17(12-19)8-6-16(2,3)7-9-17/h4-5,10H,6-9,11H2,1-3H3. The average molecular weight is 259 g/mol. The van der Waals surface area contributed by atoms with Crippen molar-refractivity contribution in [2.45, 2.75) is 52.9 Å². The van der Waals surface area contributed by atoms with E-state index in [4.69, 9.17) is 0 Å². The Hall–Kier alpha value is -1.36. The lowest BCUT2D eigenvalue weighted by molar-refractivity contribution is 0.146. The van der Waals surface area contributed by atoms with Crippen LogP contribution in [0.2, 0.25) is 0 Å². The lowest BCUT2D eigenvalue weighted by Crippen LogP contribution is -2.32. The van der Waals surface area contributed by atoms with Crippen LogP contribution in [0.15, 0.2) is 18.2 Å². The molecule has 0 amide bonds. The Balaban J connectivity index is 2.18. The van der Waals surface area contributed by atoms with Gasteiger partial charge < -0.3 is 0 Å². The number of hydrogen-bond donors (Lipinski definition) is 0. The van der Waals surface area contributed by atoms with Crippen LogP contribution in [0.5, 0.6) is 0 Å². The topological polar surface area (TPSA) is 23.8 Å². The minimum atomic E-state index is -0.252. The van der Waals surface area contributed by atoms with E-state index < -0.39 is 0 Å². The number of nitriles is 1.